The van der Waals surface area contributed by atoms with E-state index in [1.807, 2.05) is 0 Å². The van der Waals surface area contributed by atoms with E-state index in [0.717, 1.165) is 199 Å². The average Bonchev–Trinajstić information content (AvgIpc) is 0.906. The van der Waals surface area contributed by atoms with Crippen molar-refractivity contribution >= 4 is 39.5 Å². The predicted molar refractivity (Wildman–Crippen MR) is 445 cm³/mol. The maximum atomic E-state index is 13.1. The van der Waals surface area contributed by atoms with Gasteiger partial charge >= 0.3 is 39.5 Å². The maximum Gasteiger partial charge on any atom is 0.472 e. The van der Waals surface area contributed by atoms with Gasteiger partial charge in [0.25, 0.3) is 0 Å². The summed E-state index contributed by atoms with van der Waals surface area (Å²) < 4.78 is 68.6. The number of aliphatic hydroxyl groups is 1. The Morgan fingerprint density at radius 1 is 0.259 bits per heavy atom. The summed E-state index contributed by atoms with van der Waals surface area (Å²) in [5.41, 5.74) is 0. The highest BCUT2D eigenvalue weighted by atomic mass is 31.2. The van der Waals surface area contributed by atoms with Gasteiger partial charge in [-0.3, -0.25) is 37.3 Å². The van der Waals surface area contributed by atoms with Crippen molar-refractivity contribution in [3.8, 4) is 0 Å². The molecule has 0 aromatic carbocycles. The van der Waals surface area contributed by atoms with E-state index in [-0.39, 0.29) is 25.7 Å². The van der Waals surface area contributed by atoms with Gasteiger partial charge in [0.15, 0.2) is 12.2 Å². The van der Waals surface area contributed by atoms with E-state index in [1.165, 1.54) is 0 Å². The van der Waals surface area contributed by atoms with Gasteiger partial charge in [0, 0.05) is 25.7 Å². The van der Waals surface area contributed by atoms with Crippen LogP contribution in [0.5, 0.6) is 0 Å². The molecule has 0 amide bonds. The second-order valence-electron chi connectivity index (χ2n) is 26.2. The van der Waals surface area contributed by atoms with E-state index in [4.69, 9.17) is 37.0 Å². The Kier molecular flexibility index (Phi) is 74.5. The standard InChI is InChI=1S/C89H142O17P2/c1-5-9-13-17-21-25-29-33-37-40-41-44-47-50-54-58-62-66-70-74-87(92)100-80-85(106-89(94)76-72-68-64-60-56-52-48-43-39-35-31-27-23-19-15-11-7-3)82-104-108(97,98)102-78-83(90)77-101-107(95,96)103-81-84(105-88(93)75-71-67-63-59-55-51-45-36-32-28-24-20-16-12-8-4)79-99-86(91)73-69-65-61-57-53-49-46-42-38-34-30-26-22-18-14-10-6-2/h9-16,21-28,33-39,41,44-46,48-49,52,55,59,83-85,90H,5-8,17-20,29-32,40,42-43,47,50-51,53-54,56-58,60-82H2,1-4H3,(H,95,96)(H,97,98)/b13-9-,14-10-,15-11-,16-12-,25-21-,26-22-,27-23-,28-24-,37-33-,38-34-,39-35-,44-41-,45-36-,49-46-,52-48-,59-55-. The van der Waals surface area contributed by atoms with Crippen molar-refractivity contribution in [3.05, 3.63) is 194 Å². The minimum absolute atomic E-state index is 0.0287. The Hall–Kier alpha value is -6.10. The topological polar surface area (TPSA) is 237 Å². The smallest absolute Gasteiger partial charge is 0.462 e. The van der Waals surface area contributed by atoms with E-state index in [2.05, 4.69) is 222 Å². The van der Waals surface area contributed by atoms with Crippen LogP contribution < -0.4 is 0 Å². The molecule has 0 heterocycles. The predicted octanol–water partition coefficient (Wildman–Crippen LogP) is 24.1. The summed E-state index contributed by atoms with van der Waals surface area (Å²) in [6.45, 7) is 4.28. The van der Waals surface area contributed by atoms with Gasteiger partial charge in [0.05, 0.1) is 26.4 Å². The number of ether oxygens (including phenoxy) is 4. The van der Waals surface area contributed by atoms with Crippen LogP contribution in [-0.2, 0) is 65.4 Å². The Morgan fingerprint density at radius 3 is 0.713 bits per heavy atom. The molecule has 0 aromatic heterocycles. The highest BCUT2D eigenvalue weighted by molar-refractivity contribution is 7.47. The molecule has 0 spiro atoms. The van der Waals surface area contributed by atoms with Crippen LogP contribution in [-0.4, -0.2) is 96.7 Å². The number of allylic oxidation sites excluding steroid dienone is 32. The first-order chi connectivity index (χ1) is 52.7. The number of hydrogen-bond donors (Lipinski definition) is 3. The fraction of sp³-hybridized carbons (Fsp3) is 0.596. The minimum Gasteiger partial charge on any atom is -0.462 e. The molecule has 3 N–H and O–H groups in total. The second-order valence-corrected chi connectivity index (χ2v) is 29.1. The molecule has 0 aliphatic carbocycles. The summed E-state index contributed by atoms with van der Waals surface area (Å²) in [6, 6.07) is 0. The highest BCUT2D eigenvalue weighted by Crippen LogP contribution is 2.45. The van der Waals surface area contributed by atoms with Crippen LogP contribution in [0.4, 0.5) is 0 Å². The molecule has 610 valence electrons. The van der Waals surface area contributed by atoms with Crippen LogP contribution in [0.2, 0.25) is 0 Å². The number of carbonyl (C=O) groups excluding carboxylic acids is 4. The van der Waals surface area contributed by atoms with Crippen molar-refractivity contribution in [2.75, 3.05) is 39.6 Å². The molecule has 5 unspecified atom stereocenters. The Morgan fingerprint density at radius 2 is 0.454 bits per heavy atom. The molecule has 17 nitrogen and oxygen atoms in total. The lowest BCUT2D eigenvalue weighted by Crippen LogP contribution is -2.30. The molecular weight excluding hydrogens is 1400 g/mol. The lowest BCUT2D eigenvalue weighted by atomic mass is 10.1. The molecule has 19 heteroatoms. The van der Waals surface area contributed by atoms with E-state index < -0.39 is 97.5 Å². The van der Waals surface area contributed by atoms with Crippen LogP contribution in [0.15, 0.2) is 194 Å². The van der Waals surface area contributed by atoms with Gasteiger partial charge in [-0.05, 0) is 180 Å². The highest BCUT2D eigenvalue weighted by Gasteiger charge is 2.30. The van der Waals surface area contributed by atoms with Gasteiger partial charge < -0.3 is 33.8 Å². The molecule has 0 aromatic rings. The van der Waals surface area contributed by atoms with Crippen molar-refractivity contribution in [2.24, 2.45) is 0 Å². The van der Waals surface area contributed by atoms with Gasteiger partial charge in [-0.15, -0.1) is 0 Å². The van der Waals surface area contributed by atoms with Gasteiger partial charge in [0.1, 0.15) is 19.3 Å². The molecule has 0 saturated carbocycles. The normalized spacial score (nSPS) is 14.8. The first-order valence-corrected chi connectivity index (χ1v) is 43.7. The number of carbonyl (C=O) groups is 4. The quantitative estimate of drug-likeness (QED) is 0.0169. The van der Waals surface area contributed by atoms with E-state index >= 15 is 0 Å². The molecular formula is C89H142O17P2. The third-order valence-electron chi connectivity index (χ3n) is 16.0. The zero-order chi connectivity index (χ0) is 78.9. The molecule has 5 atom stereocenters. The molecule has 0 aliphatic rings. The van der Waals surface area contributed by atoms with Crippen molar-refractivity contribution in [3.63, 3.8) is 0 Å². The molecule has 0 bridgehead atoms. The molecule has 0 rings (SSSR count). The molecule has 0 aliphatic heterocycles. The Bertz CT molecular complexity index is 2810. The fourth-order valence-electron chi connectivity index (χ4n) is 10.0. The van der Waals surface area contributed by atoms with Crippen molar-refractivity contribution in [1.82, 2.24) is 0 Å². The lowest BCUT2D eigenvalue weighted by molar-refractivity contribution is -0.161. The summed E-state index contributed by atoms with van der Waals surface area (Å²) in [5, 5.41) is 10.7. The summed E-state index contributed by atoms with van der Waals surface area (Å²) in [6.07, 6.45) is 96.9. The van der Waals surface area contributed by atoms with Crippen molar-refractivity contribution in [2.45, 2.75) is 303 Å². The number of phosphoric acid groups is 2. The average molecular weight is 1550 g/mol. The van der Waals surface area contributed by atoms with Gasteiger partial charge in [0.2, 0.25) is 0 Å². The lowest BCUT2D eigenvalue weighted by Gasteiger charge is -2.21. The number of rotatable bonds is 74. The first-order valence-electron chi connectivity index (χ1n) is 40.7. The zero-order valence-corrected chi connectivity index (χ0v) is 68.5. The van der Waals surface area contributed by atoms with Crippen LogP contribution in [0.1, 0.15) is 285 Å². The molecule has 0 saturated heterocycles. The molecule has 108 heavy (non-hydrogen) atoms. The largest absolute Gasteiger partial charge is 0.472 e. The van der Waals surface area contributed by atoms with E-state index in [9.17, 15) is 43.2 Å². The number of hydrogen-bond acceptors (Lipinski definition) is 15. The number of aliphatic hydroxyl groups excluding tert-OH is 1. The Labute approximate surface area is 653 Å². The number of unbranched alkanes of at least 4 members (excludes halogenated alkanes) is 16. The van der Waals surface area contributed by atoms with Gasteiger partial charge in [-0.2, -0.15) is 0 Å². The van der Waals surface area contributed by atoms with Crippen LogP contribution in [0, 0.1) is 0 Å². The Balaban J connectivity index is 5.49. The van der Waals surface area contributed by atoms with Crippen LogP contribution in [0.3, 0.4) is 0 Å². The fourth-order valence-corrected chi connectivity index (χ4v) is 11.6. The summed E-state index contributed by atoms with van der Waals surface area (Å²) in [7, 11) is -10.0. The summed E-state index contributed by atoms with van der Waals surface area (Å²) in [5.74, 6) is -2.31. The van der Waals surface area contributed by atoms with Crippen molar-refractivity contribution < 1.29 is 80.2 Å². The second kappa shape index (κ2) is 79.0. The summed E-state index contributed by atoms with van der Waals surface area (Å²) in [4.78, 5) is 73.1. The third-order valence-corrected chi connectivity index (χ3v) is 17.9. The molecule has 0 radical (unpaired) electrons. The van der Waals surface area contributed by atoms with Gasteiger partial charge in [-0.25, -0.2) is 9.13 Å². The maximum absolute atomic E-state index is 13.1. The molecule has 0 fully saturated rings. The summed E-state index contributed by atoms with van der Waals surface area (Å²) >= 11 is 0. The monoisotopic (exact) mass is 1540 g/mol. The number of esters is 4. The van der Waals surface area contributed by atoms with Crippen LogP contribution >= 0.6 is 15.6 Å². The zero-order valence-electron chi connectivity index (χ0n) is 66.7. The van der Waals surface area contributed by atoms with Gasteiger partial charge in [-0.1, -0.05) is 273 Å². The SMILES string of the molecule is CC/C=C\C/C=C\C/C=C\C/C=C\CCCCCCCCC(=O)OCC(COP(=O)(O)OCC(O)COP(=O)(O)OCC(COC(=O)CCCCCC/C=C\C/C=C\C/C=C\C/C=C\CC)OC(=O)CCCC/C=C\C/C=C\C/C=C\C/C=C\CC)OC(=O)CCCCCC/C=C\C/C=C\C/C=C\C/C=C\CC. The van der Waals surface area contributed by atoms with E-state index in [1.54, 1.807) is 0 Å². The minimum atomic E-state index is -5.01. The van der Waals surface area contributed by atoms with Crippen molar-refractivity contribution in [1.29, 1.82) is 0 Å². The number of phosphoric ester groups is 2. The van der Waals surface area contributed by atoms with Crippen LogP contribution in [0.25, 0.3) is 0 Å². The third kappa shape index (κ3) is 78.0. The van der Waals surface area contributed by atoms with E-state index in [0.29, 0.717) is 32.1 Å². The first kappa shape index (κ1) is 102.